The summed E-state index contributed by atoms with van der Waals surface area (Å²) >= 11 is 0. The molecule has 30 heavy (non-hydrogen) atoms. The molecule has 8 heteroatoms. The van der Waals surface area contributed by atoms with Crippen molar-refractivity contribution in [1.29, 1.82) is 0 Å². The number of nitrogens with zero attached hydrogens (tertiary/aromatic N) is 3. The highest BCUT2D eigenvalue weighted by Gasteiger charge is 2.21. The number of halogens is 1. The molecule has 1 aromatic carbocycles. The van der Waals surface area contributed by atoms with E-state index in [1.165, 1.54) is 5.69 Å². The maximum absolute atomic E-state index is 5.80. The number of ether oxygens (including phenoxy) is 2. The number of hydrogen-bond donors (Lipinski definition) is 2. The molecule has 1 aromatic rings. The van der Waals surface area contributed by atoms with Gasteiger partial charge in [-0.25, -0.2) is 0 Å². The lowest BCUT2D eigenvalue weighted by molar-refractivity contribution is 0.0420. The van der Waals surface area contributed by atoms with Crippen LogP contribution in [0.25, 0.3) is 0 Å². The van der Waals surface area contributed by atoms with Gasteiger partial charge < -0.3 is 25.0 Å². The van der Waals surface area contributed by atoms with Crippen LogP contribution in [-0.4, -0.2) is 89.1 Å². The molecule has 2 aliphatic rings. The molecule has 7 nitrogen and oxygen atoms in total. The fraction of sp³-hybridized carbons (Fsp3) is 0.682. The monoisotopic (exact) mass is 531 g/mol. The van der Waals surface area contributed by atoms with Crippen LogP contribution in [0.2, 0.25) is 0 Å². The van der Waals surface area contributed by atoms with E-state index in [0.717, 1.165) is 77.9 Å². The molecule has 2 heterocycles. The quantitative estimate of drug-likeness (QED) is 0.221. The highest BCUT2D eigenvalue weighted by atomic mass is 127. The Balaban J connectivity index is 0.00000320. The lowest BCUT2D eigenvalue weighted by Crippen LogP contribution is -2.53. The number of piperazine rings is 1. The van der Waals surface area contributed by atoms with Crippen molar-refractivity contribution in [3.8, 4) is 0 Å². The number of para-hydroxylation sites is 1. The van der Waals surface area contributed by atoms with Gasteiger partial charge >= 0.3 is 0 Å². The molecule has 0 spiro atoms. The fourth-order valence-electron chi connectivity index (χ4n) is 3.83. The predicted molar refractivity (Wildman–Crippen MR) is 134 cm³/mol. The summed E-state index contributed by atoms with van der Waals surface area (Å²) in [6.45, 7) is 10.7. The van der Waals surface area contributed by atoms with Crippen molar-refractivity contribution in [3.63, 3.8) is 0 Å². The van der Waals surface area contributed by atoms with E-state index in [1.807, 2.05) is 7.05 Å². The van der Waals surface area contributed by atoms with E-state index in [9.17, 15) is 0 Å². The Morgan fingerprint density at radius 2 is 1.97 bits per heavy atom. The van der Waals surface area contributed by atoms with Crippen LogP contribution in [0.5, 0.6) is 0 Å². The second-order valence-corrected chi connectivity index (χ2v) is 7.80. The zero-order chi connectivity index (χ0) is 20.3. The number of nitrogens with one attached hydrogen (secondary N) is 2. The molecule has 0 radical (unpaired) electrons. The van der Waals surface area contributed by atoms with Gasteiger partial charge in [0.25, 0.3) is 0 Å². The van der Waals surface area contributed by atoms with Gasteiger partial charge in [-0.2, -0.15) is 0 Å². The number of benzene rings is 1. The summed E-state index contributed by atoms with van der Waals surface area (Å²) in [7, 11) is 1.82. The number of rotatable bonds is 9. The summed E-state index contributed by atoms with van der Waals surface area (Å²) in [5.74, 6) is 0.865. The molecule has 2 atom stereocenters. The summed E-state index contributed by atoms with van der Waals surface area (Å²) in [6.07, 6.45) is 2.28. The standard InChI is InChI=1S/C22H37N5O2.HI/c1-19(26-11-13-27(14-12-26)20-7-4-3-5-8-20)17-25-22(23-2)24-10-6-15-29-21-9-16-28-18-21;/h3-5,7-8,19,21H,6,9-18H2,1-2H3,(H2,23,24,25);1H. The first-order valence-electron chi connectivity index (χ1n) is 10.9. The van der Waals surface area contributed by atoms with E-state index in [-0.39, 0.29) is 30.1 Å². The van der Waals surface area contributed by atoms with Gasteiger partial charge in [-0.05, 0) is 31.9 Å². The molecule has 2 N–H and O–H groups in total. The van der Waals surface area contributed by atoms with Crippen molar-refractivity contribution >= 4 is 35.6 Å². The highest BCUT2D eigenvalue weighted by Crippen LogP contribution is 2.16. The van der Waals surface area contributed by atoms with Crippen LogP contribution in [-0.2, 0) is 9.47 Å². The third-order valence-electron chi connectivity index (χ3n) is 5.70. The molecule has 0 amide bonds. The molecule has 2 fully saturated rings. The van der Waals surface area contributed by atoms with Gasteiger partial charge in [-0.3, -0.25) is 9.89 Å². The van der Waals surface area contributed by atoms with E-state index in [2.05, 4.69) is 62.7 Å². The average Bonchev–Trinajstić information content (AvgIpc) is 3.30. The Labute approximate surface area is 198 Å². The normalized spacial score (nSPS) is 21.2. The van der Waals surface area contributed by atoms with Crippen molar-refractivity contribution in [2.75, 3.05) is 71.0 Å². The van der Waals surface area contributed by atoms with Gasteiger partial charge in [0.05, 0.1) is 12.7 Å². The van der Waals surface area contributed by atoms with Crippen LogP contribution in [0.15, 0.2) is 35.3 Å². The summed E-state index contributed by atoms with van der Waals surface area (Å²) in [4.78, 5) is 9.36. The molecular weight excluding hydrogens is 493 g/mol. The largest absolute Gasteiger partial charge is 0.379 e. The summed E-state index contributed by atoms with van der Waals surface area (Å²) in [6, 6.07) is 11.2. The minimum absolute atomic E-state index is 0. The van der Waals surface area contributed by atoms with Gasteiger partial charge in [0.1, 0.15) is 0 Å². The predicted octanol–water partition coefficient (Wildman–Crippen LogP) is 2.18. The number of guanidine groups is 1. The molecule has 2 unspecified atom stereocenters. The first kappa shape index (κ1) is 25.2. The van der Waals surface area contributed by atoms with Crippen LogP contribution in [0.3, 0.4) is 0 Å². The summed E-state index contributed by atoms with van der Waals surface area (Å²) < 4.78 is 11.1. The van der Waals surface area contributed by atoms with Gasteiger partial charge in [0.15, 0.2) is 5.96 Å². The van der Waals surface area contributed by atoms with Crippen molar-refractivity contribution in [2.24, 2.45) is 4.99 Å². The van der Waals surface area contributed by atoms with E-state index in [0.29, 0.717) is 6.04 Å². The third-order valence-corrected chi connectivity index (χ3v) is 5.70. The molecule has 0 aromatic heterocycles. The zero-order valence-electron chi connectivity index (χ0n) is 18.4. The maximum atomic E-state index is 5.80. The van der Waals surface area contributed by atoms with Crippen LogP contribution in [0, 0.1) is 0 Å². The second kappa shape index (κ2) is 14.1. The lowest BCUT2D eigenvalue weighted by atomic mass is 10.2. The van der Waals surface area contributed by atoms with Crippen molar-refractivity contribution in [1.82, 2.24) is 15.5 Å². The SMILES string of the molecule is CN=C(NCCCOC1CCOC1)NCC(C)N1CCN(c2ccccc2)CC1.I. The second-order valence-electron chi connectivity index (χ2n) is 7.80. The first-order chi connectivity index (χ1) is 14.3. The summed E-state index contributed by atoms with van der Waals surface area (Å²) in [5, 5.41) is 6.85. The van der Waals surface area contributed by atoms with Crippen molar-refractivity contribution in [3.05, 3.63) is 30.3 Å². The molecular formula is C22H38IN5O2. The smallest absolute Gasteiger partial charge is 0.191 e. The highest BCUT2D eigenvalue weighted by molar-refractivity contribution is 14.0. The van der Waals surface area contributed by atoms with Crippen LogP contribution < -0.4 is 15.5 Å². The maximum Gasteiger partial charge on any atom is 0.191 e. The molecule has 2 aliphatic heterocycles. The Morgan fingerprint density at radius 3 is 2.63 bits per heavy atom. The van der Waals surface area contributed by atoms with Crippen LogP contribution >= 0.6 is 24.0 Å². The van der Waals surface area contributed by atoms with Gasteiger partial charge in [0, 0.05) is 71.3 Å². The minimum Gasteiger partial charge on any atom is -0.379 e. The van der Waals surface area contributed by atoms with E-state index >= 15 is 0 Å². The van der Waals surface area contributed by atoms with E-state index < -0.39 is 0 Å². The molecule has 2 saturated heterocycles. The lowest BCUT2D eigenvalue weighted by Gasteiger charge is -2.39. The number of hydrogen-bond acceptors (Lipinski definition) is 5. The average molecular weight is 531 g/mol. The van der Waals surface area contributed by atoms with Gasteiger partial charge in [-0.15, -0.1) is 24.0 Å². The van der Waals surface area contributed by atoms with Crippen molar-refractivity contribution < 1.29 is 9.47 Å². The summed E-state index contributed by atoms with van der Waals surface area (Å²) in [5.41, 5.74) is 1.33. The van der Waals surface area contributed by atoms with Gasteiger partial charge in [0.2, 0.25) is 0 Å². The zero-order valence-corrected chi connectivity index (χ0v) is 20.7. The van der Waals surface area contributed by atoms with Crippen LogP contribution in [0.1, 0.15) is 19.8 Å². The Hall–Kier alpha value is -1.10. The van der Waals surface area contributed by atoms with E-state index in [1.54, 1.807) is 0 Å². The number of anilines is 1. The topological polar surface area (TPSA) is 61.4 Å². The Kier molecular flexibility index (Phi) is 11.8. The van der Waals surface area contributed by atoms with Crippen molar-refractivity contribution in [2.45, 2.75) is 31.9 Å². The van der Waals surface area contributed by atoms with E-state index in [4.69, 9.17) is 9.47 Å². The molecule has 0 bridgehead atoms. The molecule has 170 valence electrons. The molecule has 3 rings (SSSR count). The van der Waals surface area contributed by atoms with Gasteiger partial charge in [-0.1, -0.05) is 18.2 Å². The fourth-order valence-corrected chi connectivity index (χ4v) is 3.83. The first-order valence-corrected chi connectivity index (χ1v) is 10.9. The third kappa shape index (κ3) is 8.20. The molecule has 0 aliphatic carbocycles. The Bertz CT molecular complexity index is 605. The number of aliphatic imine (C=N–C) groups is 1. The molecule has 0 saturated carbocycles. The Morgan fingerprint density at radius 1 is 1.20 bits per heavy atom. The van der Waals surface area contributed by atoms with Crippen LogP contribution in [0.4, 0.5) is 5.69 Å². The minimum atomic E-state index is 0.